The van der Waals surface area contributed by atoms with Gasteiger partial charge < -0.3 is 9.47 Å². The number of nitriles is 1. The minimum atomic E-state index is -1.58. The van der Waals surface area contributed by atoms with E-state index >= 15 is 0 Å². The second-order valence-electron chi connectivity index (χ2n) is 6.55. The molecule has 0 radical (unpaired) electrons. The molecule has 3 atom stereocenters. The number of nitrogens with zero attached hydrogens (tertiary/aromatic N) is 1. The van der Waals surface area contributed by atoms with Crippen LogP contribution in [0.15, 0.2) is 35.6 Å². The van der Waals surface area contributed by atoms with E-state index in [0.29, 0.717) is 41.2 Å². The number of Topliss-reactive ketones (excluding diaryl/α,β-unsaturated/α-hetero) is 1. The van der Waals surface area contributed by atoms with E-state index < -0.39 is 23.3 Å². The number of ether oxygens (including phenoxy) is 2. The van der Waals surface area contributed by atoms with Gasteiger partial charge in [0.2, 0.25) is 5.54 Å². The summed E-state index contributed by atoms with van der Waals surface area (Å²) in [5.74, 6) is -1.92. The molecule has 3 unspecified atom stereocenters. The molecule has 7 heteroatoms. The van der Waals surface area contributed by atoms with Crippen LogP contribution in [-0.4, -0.2) is 23.2 Å². The van der Waals surface area contributed by atoms with Crippen LogP contribution in [0.2, 0.25) is 5.02 Å². The van der Waals surface area contributed by atoms with Gasteiger partial charge in [0.1, 0.15) is 11.8 Å². The predicted molar refractivity (Wildman–Crippen MR) is 87.5 cm³/mol. The van der Waals surface area contributed by atoms with Crippen molar-refractivity contribution in [3.8, 4) is 6.07 Å². The van der Waals surface area contributed by atoms with Crippen molar-refractivity contribution in [3.63, 3.8) is 0 Å². The molecule has 2 heterocycles. The van der Waals surface area contributed by atoms with Crippen LogP contribution in [0.25, 0.3) is 0 Å². The van der Waals surface area contributed by atoms with Crippen molar-refractivity contribution < 1.29 is 19.1 Å². The van der Waals surface area contributed by atoms with Gasteiger partial charge in [-0.15, -0.1) is 0 Å². The summed E-state index contributed by atoms with van der Waals surface area (Å²) >= 11 is 6.39. The molecule has 0 aromatic heterocycles. The number of hydrogen-bond donors (Lipinski definition) is 1. The van der Waals surface area contributed by atoms with Crippen molar-refractivity contribution in [2.24, 2.45) is 0 Å². The molecule has 3 aliphatic rings. The first kappa shape index (κ1) is 16.0. The lowest BCUT2D eigenvalue weighted by Crippen LogP contribution is -2.63. The Morgan fingerprint density at radius 3 is 2.76 bits per heavy atom. The van der Waals surface area contributed by atoms with Gasteiger partial charge in [0.05, 0.1) is 5.92 Å². The average Bonchev–Trinajstić information content (AvgIpc) is 2.83. The fourth-order valence-electron chi connectivity index (χ4n) is 4.00. The van der Waals surface area contributed by atoms with E-state index in [1.54, 1.807) is 31.2 Å². The van der Waals surface area contributed by atoms with Gasteiger partial charge in [0.15, 0.2) is 5.78 Å². The van der Waals surface area contributed by atoms with Gasteiger partial charge in [0.25, 0.3) is 5.79 Å². The van der Waals surface area contributed by atoms with Crippen LogP contribution in [0, 0.1) is 11.3 Å². The number of amides is 1. The lowest BCUT2D eigenvalue weighted by Gasteiger charge is -2.47. The van der Waals surface area contributed by atoms with Crippen LogP contribution in [0.1, 0.15) is 37.7 Å². The zero-order valence-electron chi connectivity index (χ0n) is 13.5. The SMILES string of the molecule is CC12OC(=O)NC1(C#N)C(c1ccccc1Cl)C1=C(CCCC1=O)O2. The minimum Gasteiger partial charge on any atom is -0.453 e. The lowest BCUT2D eigenvalue weighted by atomic mass is 9.66. The molecule has 1 aromatic carbocycles. The highest BCUT2D eigenvalue weighted by Crippen LogP contribution is 2.55. The fraction of sp³-hybridized carbons (Fsp3) is 0.389. The van der Waals surface area contributed by atoms with E-state index in [1.807, 2.05) is 0 Å². The summed E-state index contributed by atoms with van der Waals surface area (Å²) in [6.07, 6.45) is 0.824. The number of benzene rings is 1. The quantitative estimate of drug-likeness (QED) is 0.832. The van der Waals surface area contributed by atoms with E-state index in [2.05, 4.69) is 11.4 Å². The van der Waals surface area contributed by atoms with Crippen molar-refractivity contribution in [1.29, 1.82) is 5.26 Å². The van der Waals surface area contributed by atoms with Crippen molar-refractivity contribution in [2.75, 3.05) is 0 Å². The molecule has 1 aliphatic carbocycles. The van der Waals surface area contributed by atoms with Gasteiger partial charge in [-0.1, -0.05) is 29.8 Å². The van der Waals surface area contributed by atoms with Crippen LogP contribution in [0.5, 0.6) is 0 Å². The van der Waals surface area contributed by atoms with Crippen molar-refractivity contribution in [1.82, 2.24) is 5.32 Å². The number of carbonyl (C=O) groups excluding carboxylic acids is 2. The van der Waals surface area contributed by atoms with Crippen LogP contribution < -0.4 is 5.32 Å². The monoisotopic (exact) mass is 358 g/mol. The van der Waals surface area contributed by atoms with E-state index in [-0.39, 0.29) is 5.78 Å². The van der Waals surface area contributed by atoms with Crippen LogP contribution in [0.4, 0.5) is 4.79 Å². The maximum atomic E-state index is 12.7. The molecule has 0 saturated carbocycles. The Kier molecular flexibility index (Phi) is 3.35. The van der Waals surface area contributed by atoms with Crippen molar-refractivity contribution in [2.45, 2.75) is 43.4 Å². The summed E-state index contributed by atoms with van der Waals surface area (Å²) in [4.78, 5) is 24.7. The second kappa shape index (κ2) is 5.24. The minimum absolute atomic E-state index is 0.0935. The Labute approximate surface area is 149 Å². The Hall–Kier alpha value is -2.52. The number of carbonyl (C=O) groups is 2. The summed E-state index contributed by atoms with van der Waals surface area (Å²) in [5.41, 5.74) is -0.584. The van der Waals surface area contributed by atoms with Crippen molar-refractivity contribution >= 4 is 23.5 Å². The molecule has 0 bridgehead atoms. The van der Waals surface area contributed by atoms with E-state index in [0.717, 1.165) is 0 Å². The largest absolute Gasteiger partial charge is 0.453 e. The van der Waals surface area contributed by atoms with Crippen LogP contribution in [0.3, 0.4) is 0 Å². The highest BCUT2D eigenvalue weighted by molar-refractivity contribution is 6.31. The molecule has 2 aliphatic heterocycles. The smallest absolute Gasteiger partial charge is 0.412 e. The lowest BCUT2D eigenvalue weighted by molar-refractivity contribution is -0.186. The summed E-state index contributed by atoms with van der Waals surface area (Å²) in [5, 5.41) is 13.0. The molecule has 128 valence electrons. The topological polar surface area (TPSA) is 88.4 Å². The third kappa shape index (κ3) is 2.02. The molecule has 25 heavy (non-hydrogen) atoms. The molecule has 1 fully saturated rings. The summed E-state index contributed by atoms with van der Waals surface area (Å²) in [6.45, 7) is 1.54. The van der Waals surface area contributed by atoms with Gasteiger partial charge in [-0.2, -0.15) is 5.26 Å². The molecule has 0 spiro atoms. The molecule has 1 saturated heterocycles. The van der Waals surface area contributed by atoms with Gasteiger partial charge >= 0.3 is 6.09 Å². The summed E-state index contributed by atoms with van der Waals surface area (Å²) in [7, 11) is 0. The molecular formula is C18H15ClN2O4. The first-order chi connectivity index (χ1) is 11.9. The number of ketones is 1. The Morgan fingerprint density at radius 2 is 2.04 bits per heavy atom. The third-order valence-corrected chi connectivity index (χ3v) is 5.49. The third-order valence-electron chi connectivity index (χ3n) is 5.14. The number of allylic oxidation sites excluding steroid dienone is 1. The van der Waals surface area contributed by atoms with Crippen LogP contribution in [-0.2, 0) is 14.3 Å². The number of halogens is 1. The number of alkyl carbamates (subject to hydrolysis) is 1. The zero-order chi connectivity index (χ0) is 17.8. The first-order valence-corrected chi connectivity index (χ1v) is 8.42. The van der Waals surface area contributed by atoms with Gasteiger partial charge in [-0.25, -0.2) is 4.79 Å². The Morgan fingerprint density at radius 1 is 1.28 bits per heavy atom. The molecule has 1 N–H and O–H groups in total. The normalized spacial score (nSPS) is 33.6. The molecule has 6 nitrogen and oxygen atoms in total. The standard InChI is InChI=1S/C18H15ClN2O4/c1-17-18(9-20,21-16(23)25-17)15(10-5-2-3-6-11(10)19)14-12(22)7-4-8-13(14)24-17/h2-3,5-6,15H,4,7-8H2,1H3,(H,21,23). The maximum absolute atomic E-state index is 12.7. The predicted octanol–water partition coefficient (Wildman–Crippen LogP) is 3.18. The number of hydrogen-bond acceptors (Lipinski definition) is 5. The highest BCUT2D eigenvalue weighted by atomic mass is 35.5. The first-order valence-electron chi connectivity index (χ1n) is 8.04. The molecule has 4 rings (SSSR count). The molecule has 1 amide bonds. The van der Waals surface area contributed by atoms with E-state index in [4.69, 9.17) is 21.1 Å². The molecule has 1 aromatic rings. The summed E-state index contributed by atoms with van der Waals surface area (Å²) < 4.78 is 11.3. The fourth-order valence-corrected chi connectivity index (χ4v) is 4.24. The van der Waals surface area contributed by atoms with E-state index in [9.17, 15) is 14.9 Å². The van der Waals surface area contributed by atoms with Crippen molar-refractivity contribution in [3.05, 3.63) is 46.2 Å². The average molecular weight is 359 g/mol. The highest BCUT2D eigenvalue weighted by Gasteiger charge is 2.69. The molecular weight excluding hydrogens is 344 g/mol. The number of rotatable bonds is 1. The van der Waals surface area contributed by atoms with Gasteiger partial charge in [-0.05, 0) is 18.1 Å². The second-order valence-corrected chi connectivity index (χ2v) is 6.96. The number of fused-ring (bicyclic) bond motifs is 1. The van der Waals surface area contributed by atoms with E-state index in [1.165, 1.54) is 0 Å². The van der Waals surface area contributed by atoms with Gasteiger partial charge in [0, 0.05) is 30.4 Å². The Balaban J connectivity index is 2.03. The Bertz CT molecular complexity index is 874. The van der Waals surface area contributed by atoms with Gasteiger partial charge in [-0.3, -0.25) is 10.1 Å². The zero-order valence-corrected chi connectivity index (χ0v) is 14.2. The van der Waals surface area contributed by atoms with Crippen LogP contribution >= 0.6 is 11.6 Å². The maximum Gasteiger partial charge on any atom is 0.412 e. The summed E-state index contributed by atoms with van der Waals surface area (Å²) in [6, 6.07) is 9.16. The number of nitrogens with one attached hydrogen (secondary N) is 1.